The molecule has 2 fully saturated rings. The Hall–Kier alpha value is -1.33. The standard InChI is InChI=1S/C17H22N2/c18-11-15-6-2-4-8-17(15)13-19-10-9-14-5-1-3-7-16(14)12-19/h2,4,6,8,14,16H,1,3,5,7,9-10,12-13H2. The fourth-order valence-corrected chi connectivity index (χ4v) is 3.83. The fourth-order valence-electron chi connectivity index (χ4n) is 3.83. The van der Waals surface area contributed by atoms with Gasteiger partial charge < -0.3 is 0 Å². The van der Waals surface area contributed by atoms with Crippen molar-refractivity contribution >= 4 is 0 Å². The van der Waals surface area contributed by atoms with E-state index < -0.39 is 0 Å². The number of hydrogen-bond donors (Lipinski definition) is 0. The predicted octanol–water partition coefficient (Wildman–Crippen LogP) is 3.57. The summed E-state index contributed by atoms with van der Waals surface area (Å²) >= 11 is 0. The van der Waals surface area contributed by atoms with E-state index in [1.165, 1.54) is 50.8 Å². The van der Waals surface area contributed by atoms with E-state index in [2.05, 4.69) is 17.0 Å². The first-order chi connectivity index (χ1) is 9.36. The van der Waals surface area contributed by atoms with Gasteiger partial charge in [0.05, 0.1) is 11.6 Å². The van der Waals surface area contributed by atoms with Gasteiger partial charge in [0.1, 0.15) is 0 Å². The van der Waals surface area contributed by atoms with Crippen molar-refractivity contribution in [2.45, 2.75) is 38.6 Å². The van der Waals surface area contributed by atoms with Crippen LogP contribution in [0.3, 0.4) is 0 Å². The summed E-state index contributed by atoms with van der Waals surface area (Å²) in [6.07, 6.45) is 7.09. The Bertz CT molecular complexity index is 474. The van der Waals surface area contributed by atoms with Crippen LogP contribution in [0.2, 0.25) is 0 Å². The van der Waals surface area contributed by atoms with Gasteiger partial charge in [-0.15, -0.1) is 0 Å². The third-order valence-electron chi connectivity index (χ3n) is 4.91. The largest absolute Gasteiger partial charge is 0.299 e. The van der Waals surface area contributed by atoms with Crippen molar-refractivity contribution in [3.8, 4) is 6.07 Å². The summed E-state index contributed by atoms with van der Waals surface area (Å²) in [5.41, 5.74) is 2.03. The number of piperidine rings is 1. The maximum atomic E-state index is 9.17. The Labute approximate surface area is 116 Å². The van der Waals surface area contributed by atoms with Crippen molar-refractivity contribution in [1.82, 2.24) is 4.90 Å². The van der Waals surface area contributed by atoms with Gasteiger partial charge in [-0.25, -0.2) is 0 Å². The number of nitriles is 1. The minimum atomic E-state index is 0.841. The second-order valence-corrected chi connectivity index (χ2v) is 6.10. The summed E-state index contributed by atoms with van der Waals surface area (Å²) in [7, 11) is 0. The topological polar surface area (TPSA) is 27.0 Å². The molecule has 100 valence electrons. The second kappa shape index (κ2) is 5.75. The van der Waals surface area contributed by atoms with Gasteiger partial charge in [0, 0.05) is 13.1 Å². The summed E-state index contributed by atoms with van der Waals surface area (Å²) in [4.78, 5) is 2.56. The molecule has 1 saturated heterocycles. The zero-order valence-corrected chi connectivity index (χ0v) is 11.5. The van der Waals surface area contributed by atoms with Crippen molar-refractivity contribution in [1.29, 1.82) is 5.26 Å². The molecular formula is C17H22N2. The van der Waals surface area contributed by atoms with Crippen LogP contribution in [0.15, 0.2) is 24.3 Å². The van der Waals surface area contributed by atoms with Crippen LogP contribution in [0.4, 0.5) is 0 Å². The SMILES string of the molecule is N#Cc1ccccc1CN1CCC2CCCCC2C1. The lowest BCUT2D eigenvalue weighted by Crippen LogP contribution is -2.41. The molecule has 1 heterocycles. The van der Waals surface area contributed by atoms with E-state index in [0.717, 1.165) is 23.9 Å². The molecule has 1 saturated carbocycles. The smallest absolute Gasteiger partial charge is 0.0995 e. The number of nitrogens with zero attached hydrogens (tertiary/aromatic N) is 2. The Morgan fingerprint density at radius 1 is 1.11 bits per heavy atom. The third kappa shape index (κ3) is 2.82. The first-order valence-corrected chi connectivity index (χ1v) is 7.57. The van der Waals surface area contributed by atoms with E-state index in [1.807, 2.05) is 18.2 Å². The lowest BCUT2D eigenvalue weighted by atomic mass is 9.75. The highest BCUT2D eigenvalue weighted by molar-refractivity contribution is 5.37. The summed E-state index contributed by atoms with van der Waals surface area (Å²) in [6.45, 7) is 3.40. The molecule has 2 nitrogen and oxygen atoms in total. The summed E-state index contributed by atoms with van der Waals surface area (Å²) in [5.74, 6) is 1.90. The Morgan fingerprint density at radius 3 is 2.74 bits per heavy atom. The maximum absolute atomic E-state index is 9.17. The molecule has 0 radical (unpaired) electrons. The average Bonchev–Trinajstić information content (AvgIpc) is 2.48. The van der Waals surface area contributed by atoms with Gasteiger partial charge >= 0.3 is 0 Å². The molecule has 19 heavy (non-hydrogen) atoms. The number of hydrogen-bond acceptors (Lipinski definition) is 2. The molecule has 1 aliphatic carbocycles. The molecule has 0 spiro atoms. The van der Waals surface area contributed by atoms with E-state index in [-0.39, 0.29) is 0 Å². The van der Waals surface area contributed by atoms with Crippen molar-refractivity contribution in [2.24, 2.45) is 11.8 Å². The molecule has 1 aromatic carbocycles. The van der Waals surface area contributed by atoms with Crippen LogP contribution in [-0.2, 0) is 6.54 Å². The predicted molar refractivity (Wildman–Crippen MR) is 76.5 cm³/mol. The van der Waals surface area contributed by atoms with Gasteiger partial charge in [0.2, 0.25) is 0 Å². The Morgan fingerprint density at radius 2 is 1.89 bits per heavy atom. The summed E-state index contributed by atoms with van der Waals surface area (Å²) in [5, 5.41) is 9.17. The van der Waals surface area contributed by atoms with Crippen molar-refractivity contribution in [3.63, 3.8) is 0 Å². The van der Waals surface area contributed by atoms with E-state index in [0.29, 0.717) is 0 Å². The molecule has 0 amide bonds. The molecule has 3 rings (SSSR count). The molecule has 0 N–H and O–H groups in total. The zero-order chi connectivity index (χ0) is 13.1. The van der Waals surface area contributed by atoms with Crippen molar-refractivity contribution < 1.29 is 0 Å². The molecule has 0 bridgehead atoms. The average molecular weight is 254 g/mol. The quantitative estimate of drug-likeness (QED) is 0.806. The van der Waals surface area contributed by atoms with Gasteiger partial charge in [-0.3, -0.25) is 4.90 Å². The fraction of sp³-hybridized carbons (Fsp3) is 0.588. The molecule has 2 atom stereocenters. The van der Waals surface area contributed by atoms with Crippen molar-refractivity contribution in [3.05, 3.63) is 35.4 Å². The Kier molecular flexibility index (Phi) is 3.84. The van der Waals surface area contributed by atoms with Gasteiger partial charge in [-0.1, -0.05) is 37.5 Å². The molecule has 1 aliphatic heterocycles. The van der Waals surface area contributed by atoms with Crippen LogP contribution < -0.4 is 0 Å². The van der Waals surface area contributed by atoms with Crippen LogP contribution in [0.5, 0.6) is 0 Å². The number of fused-ring (bicyclic) bond motifs is 1. The van der Waals surface area contributed by atoms with Crippen LogP contribution in [0, 0.1) is 23.2 Å². The first kappa shape index (κ1) is 12.7. The minimum absolute atomic E-state index is 0.841. The van der Waals surface area contributed by atoms with Crippen molar-refractivity contribution in [2.75, 3.05) is 13.1 Å². The molecule has 0 aromatic heterocycles. The van der Waals surface area contributed by atoms with Crippen LogP contribution in [-0.4, -0.2) is 18.0 Å². The van der Waals surface area contributed by atoms with Crippen LogP contribution >= 0.6 is 0 Å². The maximum Gasteiger partial charge on any atom is 0.0995 e. The lowest BCUT2D eigenvalue weighted by molar-refractivity contribution is 0.0820. The molecular weight excluding hydrogens is 232 g/mol. The summed E-state index contributed by atoms with van der Waals surface area (Å²) < 4.78 is 0. The van der Waals surface area contributed by atoms with Crippen LogP contribution in [0.1, 0.15) is 43.2 Å². The van der Waals surface area contributed by atoms with Gasteiger partial charge in [0.25, 0.3) is 0 Å². The number of benzene rings is 1. The van der Waals surface area contributed by atoms with Gasteiger partial charge in [0.15, 0.2) is 0 Å². The van der Waals surface area contributed by atoms with E-state index in [9.17, 15) is 0 Å². The highest BCUT2D eigenvalue weighted by Crippen LogP contribution is 2.36. The normalized spacial score (nSPS) is 27.5. The third-order valence-corrected chi connectivity index (χ3v) is 4.91. The van der Waals surface area contributed by atoms with E-state index >= 15 is 0 Å². The zero-order valence-electron chi connectivity index (χ0n) is 11.5. The van der Waals surface area contributed by atoms with Crippen LogP contribution in [0.25, 0.3) is 0 Å². The number of rotatable bonds is 2. The highest BCUT2D eigenvalue weighted by atomic mass is 15.1. The van der Waals surface area contributed by atoms with E-state index in [4.69, 9.17) is 5.26 Å². The highest BCUT2D eigenvalue weighted by Gasteiger charge is 2.30. The van der Waals surface area contributed by atoms with E-state index in [1.54, 1.807) is 0 Å². The Balaban J connectivity index is 1.66. The molecule has 2 aliphatic rings. The minimum Gasteiger partial charge on any atom is -0.299 e. The summed E-state index contributed by atoms with van der Waals surface area (Å²) in [6, 6.07) is 10.3. The number of likely N-dealkylation sites (tertiary alicyclic amines) is 1. The first-order valence-electron chi connectivity index (χ1n) is 7.57. The van der Waals surface area contributed by atoms with Gasteiger partial charge in [-0.05, 0) is 42.9 Å². The molecule has 2 heteroatoms. The second-order valence-electron chi connectivity index (χ2n) is 6.10. The molecule has 1 aromatic rings. The lowest BCUT2D eigenvalue weighted by Gasteiger charge is -2.41. The van der Waals surface area contributed by atoms with Gasteiger partial charge in [-0.2, -0.15) is 5.26 Å². The monoisotopic (exact) mass is 254 g/mol. The molecule has 2 unspecified atom stereocenters.